The SMILES string of the molecule is Cc1cc(Cl)c(OCCN2CCN(C)CC2)c(Br)c1.O=C(O)C(=O)O. The molecular weight excluding hydrogens is 416 g/mol. The lowest BCUT2D eigenvalue weighted by Gasteiger charge is -2.32. The van der Waals surface area contributed by atoms with E-state index in [2.05, 4.69) is 32.8 Å². The first-order valence-electron chi connectivity index (χ1n) is 7.66. The number of halogens is 2. The van der Waals surface area contributed by atoms with Gasteiger partial charge in [-0.05, 0) is 47.6 Å². The molecule has 1 aliphatic heterocycles. The second-order valence-electron chi connectivity index (χ2n) is 5.66. The number of piperazine rings is 1. The van der Waals surface area contributed by atoms with Gasteiger partial charge in [-0.2, -0.15) is 0 Å². The van der Waals surface area contributed by atoms with Crippen LogP contribution in [-0.4, -0.2) is 78.3 Å². The van der Waals surface area contributed by atoms with Gasteiger partial charge in [0, 0.05) is 32.7 Å². The van der Waals surface area contributed by atoms with Crippen LogP contribution in [0, 0.1) is 6.92 Å². The number of likely N-dealkylation sites (N-methyl/N-ethyl adjacent to an activating group) is 1. The largest absolute Gasteiger partial charge is 0.490 e. The average Bonchev–Trinajstić information content (AvgIpc) is 2.52. The van der Waals surface area contributed by atoms with E-state index in [9.17, 15) is 0 Å². The standard InChI is InChI=1S/C14H20BrClN2O.C2H2O4/c1-11-9-12(15)14(13(16)10-11)19-8-7-18-5-3-17(2)4-6-18;3-1(4)2(5)6/h9-10H,3-8H2,1-2H3;(H,3,4)(H,5,6). The van der Waals surface area contributed by atoms with Gasteiger partial charge in [-0.1, -0.05) is 11.6 Å². The maximum Gasteiger partial charge on any atom is 0.414 e. The zero-order valence-corrected chi connectivity index (χ0v) is 16.5. The van der Waals surface area contributed by atoms with Gasteiger partial charge in [-0.25, -0.2) is 9.59 Å². The molecule has 25 heavy (non-hydrogen) atoms. The summed E-state index contributed by atoms with van der Waals surface area (Å²) in [4.78, 5) is 23.0. The molecule has 0 radical (unpaired) electrons. The Morgan fingerprint density at radius 3 is 2.24 bits per heavy atom. The molecule has 1 aromatic rings. The van der Waals surface area contributed by atoms with Crippen molar-refractivity contribution in [2.45, 2.75) is 6.92 Å². The number of ether oxygens (including phenoxy) is 1. The fourth-order valence-electron chi connectivity index (χ4n) is 2.17. The number of carboxylic acids is 2. The fraction of sp³-hybridized carbons (Fsp3) is 0.500. The Labute approximate surface area is 160 Å². The van der Waals surface area contributed by atoms with Crippen LogP contribution in [0.5, 0.6) is 5.75 Å². The van der Waals surface area contributed by atoms with E-state index in [-0.39, 0.29) is 0 Å². The fourth-order valence-corrected chi connectivity index (χ4v) is 3.30. The van der Waals surface area contributed by atoms with Gasteiger partial charge in [0.25, 0.3) is 0 Å². The molecule has 1 aromatic carbocycles. The molecule has 1 saturated heterocycles. The lowest BCUT2D eigenvalue weighted by atomic mass is 10.2. The third kappa shape index (κ3) is 8.04. The van der Waals surface area contributed by atoms with Crippen LogP contribution in [0.4, 0.5) is 0 Å². The molecule has 9 heteroatoms. The molecule has 1 heterocycles. The molecule has 0 atom stereocenters. The molecule has 0 amide bonds. The Balaban J connectivity index is 0.000000450. The number of nitrogens with zero attached hydrogens (tertiary/aromatic N) is 2. The van der Waals surface area contributed by atoms with Crippen LogP contribution >= 0.6 is 27.5 Å². The summed E-state index contributed by atoms with van der Waals surface area (Å²) in [5, 5.41) is 15.5. The molecule has 0 saturated carbocycles. The predicted octanol–water partition coefficient (Wildman–Crippen LogP) is 2.19. The van der Waals surface area contributed by atoms with Gasteiger partial charge >= 0.3 is 11.9 Å². The number of carbonyl (C=O) groups is 2. The topological polar surface area (TPSA) is 90.3 Å². The van der Waals surface area contributed by atoms with Gasteiger partial charge in [0.05, 0.1) is 9.50 Å². The molecule has 7 nitrogen and oxygen atoms in total. The summed E-state index contributed by atoms with van der Waals surface area (Å²) in [6, 6.07) is 3.95. The van der Waals surface area contributed by atoms with Crippen molar-refractivity contribution in [3.63, 3.8) is 0 Å². The molecule has 2 rings (SSSR count). The van der Waals surface area contributed by atoms with Crippen molar-refractivity contribution in [3.05, 3.63) is 27.2 Å². The smallest absolute Gasteiger partial charge is 0.414 e. The molecule has 2 N–H and O–H groups in total. The summed E-state index contributed by atoms with van der Waals surface area (Å²) in [6.45, 7) is 8.13. The number of aryl methyl sites for hydroxylation is 1. The summed E-state index contributed by atoms with van der Waals surface area (Å²) >= 11 is 9.70. The van der Waals surface area contributed by atoms with Crippen molar-refractivity contribution in [1.82, 2.24) is 9.80 Å². The third-order valence-corrected chi connectivity index (χ3v) is 4.45. The van der Waals surface area contributed by atoms with E-state index in [0.717, 1.165) is 48.5 Å². The highest BCUT2D eigenvalue weighted by Crippen LogP contribution is 2.34. The summed E-state index contributed by atoms with van der Waals surface area (Å²) in [5.41, 5.74) is 1.13. The zero-order chi connectivity index (χ0) is 19.0. The molecule has 0 unspecified atom stereocenters. The number of hydrogen-bond donors (Lipinski definition) is 2. The van der Waals surface area contributed by atoms with Gasteiger partial charge in [0.2, 0.25) is 0 Å². The predicted molar refractivity (Wildman–Crippen MR) is 98.6 cm³/mol. The normalized spacial score (nSPS) is 15.2. The first-order chi connectivity index (χ1) is 11.7. The van der Waals surface area contributed by atoms with Gasteiger partial charge in [-0.3, -0.25) is 4.90 Å². The van der Waals surface area contributed by atoms with Crippen molar-refractivity contribution in [1.29, 1.82) is 0 Å². The molecule has 0 aliphatic carbocycles. The Morgan fingerprint density at radius 2 is 1.76 bits per heavy atom. The number of carboxylic acid groups (broad SMARTS) is 2. The number of hydrogen-bond acceptors (Lipinski definition) is 5. The average molecular weight is 438 g/mol. The molecule has 1 aliphatic rings. The first-order valence-corrected chi connectivity index (χ1v) is 8.83. The van der Waals surface area contributed by atoms with Crippen LogP contribution in [0.25, 0.3) is 0 Å². The summed E-state index contributed by atoms with van der Waals surface area (Å²) in [7, 11) is 2.16. The zero-order valence-electron chi connectivity index (χ0n) is 14.2. The lowest BCUT2D eigenvalue weighted by molar-refractivity contribution is -0.159. The van der Waals surface area contributed by atoms with E-state index in [1.165, 1.54) is 0 Å². The summed E-state index contributed by atoms with van der Waals surface area (Å²) in [6.07, 6.45) is 0. The van der Waals surface area contributed by atoms with Crippen LogP contribution in [-0.2, 0) is 9.59 Å². The lowest BCUT2D eigenvalue weighted by Crippen LogP contribution is -2.45. The molecule has 140 valence electrons. The molecule has 0 spiro atoms. The minimum Gasteiger partial charge on any atom is -0.490 e. The van der Waals surface area contributed by atoms with Crippen molar-refractivity contribution in [2.75, 3.05) is 46.4 Å². The third-order valence-electron chi connectivity index (χ3n) is 3.58. The highest BCUT2D eigenvalue weighted by molar-refractivity contribution is 9.10. The summed E-state index contributed by atoms with van der Waals surface area (Å²) < 4.78 is 6.74. The van der Waals surface area contributed by atoms with E-state index in [1.807, 2.05) is 19.1 Å². The minimum absolute atomic E-state index is 0.672. The molecule has 1 fully saturated rings. The van der Waals surface area contributed by atoms with Gasteiger partial charge in [-0.15, -0.1) is 0 Å². The van der Waals surface area contributed by atoms with Crippen molar-refractivity contribution < 1.29 is 24.5 Å². The van der Waals surface area contributed by atoms with Gasteiger partial charge in [0.1, 0.15) is 6.61 Å². The van der Waals surface area contributed by atoms with Crippen LogP contribution in [0.3, 0.4) is 0 Å². The Morgan fingerprint density at radius 1 is 1.20 bits per heavy atom. The van der Waals surface area contributed by atoms with E-state index in [4.69, 9.17) is 36.1 Å². The monoisotopic (exact) mass is 436 g/mol. The van der Waals surface area contributed by atoms with Crippen molar-refractivity contribution in [3.8, 4) is 5.75 Å². The Bertz CT molecular complexity index is 571. The second kappa shape index (κ2) is 10.6. The highest BCUT2D eigenvalue weighted by Gasteiger charge is 2.14. The molecule has 0 aromatic heterocycles. The van der Waals surface area contributed by atoms with E-state index in [1.54, 1.807) is 0 Å². The Kier molecular flexibility index (Phi) is 9.20. The van der Waals surface area contributed by atoms with Gasteiger partial charge in [0.15, 0.2) is 5.75 Å². The Hall–Kier alpha value is -1.35. The maximum absolute atomic E-state index is 9.10. The second-order valence-corrected chi connectivity index (χ2v) is 6.92. The van der Waals surface area contributed by atoms with E-state index >= 15 is 0 Å². The molecule has 0 bridgehead atoms. The molecular formula is C16H22BrClN2O5. The highest BCUT2D eigenvalue weighted by atomic mass is 79.9. The first kappa shape index (κ1) is 21.7. The van der Waals surface area contributed by atoms with Crippen LogP contribution in [0.1, 0.15) is 5.56 Å². The van der Waals surface area contributed by atoms with Crippen LogP contribution in [0.2, 0.25) is 5.02 Å². The van der Waals surface area contributed by atoms with E-state index < -0.39 is 11.9 Å². The number of aliphatic carboxylic acids is 2. The number of benzene rings is 1. The number of rotatable bonds is 4. The van der Waals surface area contributed by atoms with Crippen LogP contribution < -0.4 is 4.74 Å². The maximum atomic E-state index is 9.10. The quantitative estimate of drug-likeness (QED) is 0.698. The summed E-state index contributed by atoms with van der Waals surface area (Å²) in [5.74, 6) is -2.90. The van der Waals surface area contributed by atoms with E-state index in [0.29, 0.717) is 11.6 Å². The van der Waals surface area contributed by atoms with Gasteiger partial charge < -0.3 is 19.8 Å². The van der Waals surface area contributed by atoms with Crippen LogP contribution in [0.15, 0.2) is 16.6 Å². The minimum atomic E-state index is -1.82. The van der Waals surface area contributed by atoms with Crippen molar-refractivity contribution >= 4 is 39.5 Å². The van der Waals surface area contributed by atoms with Crippen molar-refractivity contribution in [2.24, 2.45) is 0 Å².